The molecule has 2 aromatic heterocycles. The van der Waals surface area contributed by atoms with Gasteiger partial charge in [0, 0.05) is 30.5 Å². The van der Waals surface area contributed by atoms with Gasteiger partial charge in [-0.3, -0.25) is 14.5 Å². The van der Waals surface area contributed by atoms with Crippen molar-refractivity contribution in [2.24, 2.45) is 5.16 Å². The molecule has 17 heteroatoms. The van der Waals surface area contributed by atoms with E-state index in [-0.39, 0.29) is 23.7 Å². The summed E-state index contributed by atoms with van der Waals surface area (Å²) in [6.07, 6.45) is 4.09. The maximum absolute atomic E-state index is 14.2. The van der Waals surface area contributed by atoms with Crippen LogP contribution in [0.2, 0.25) is 0 Å². The van der Waals surface area contributed by atoms with Gasteiger partial charge in [-0.2, -0.15) is 0 Å². The standard InChI is InChI=1S/C48H43N7O6S4/c1-54-25-13-20-36-43(54)65-47(50-36)64-28-31-27-62-44-39(42(57)55(44)40(31)45(58)61-26-30-21-23-35(59-2)24-22-30)51-41(56)38(53-60-3)37-29-63-46(49-37)52-48(32-14-7-4-8-15-32,33-16-9-5-10-17-33)34-18-11-6-12-19-34/h4-24,29,39,44H,25-28H2,1-3H3,(H,49,52)(H,51,56)/b53-38-/t39?,44-/m0/s1. The summed E-state index contributed by atoms with van der Waals surface area (Å²) in [6.45, 7) is 0.802. The highest BCUT2D eigenvalue weighted by atomic mass is 32.2. The molecule has 0 radical (unpaired) electrons. The molecule has 0 saturated carbocycles. The molecule has 4 aromatic carbocycles. The van der Waals surface area contributed by atoms with Crippen LogP contribution in [0.4, 0.5) is 10.1 Å². The van der Waals surface area contributed by atoms with Gasteiger partial charge in [0.1, 0.15) is 52.8 Å². The van der Waals surface area contributed by atoms with Gasteiger partial charge < -0.3 is 29.8 Å². The van der Waals surface area contributed by atoms with Crippen LogP contribution in [0.15, 0.2) is 147 Å². The van der Waals surface area contributed by atoms with Crippen molar-refractivity contribution in [2.45, 2.75) is 27.9 Å². The highest BCUT2D eigenvalue weighted by Gasteiger charge is 2.55. The van der Waals surface area contributed by atoms with E-state index in [1.807, 2.05) is 79.9 Å². The minimum Gasteiger partial charge on any atom is -0.497 e. The Morgan fingerprint density at radius 3 is 2.18 bits per heavy atom. The summed E-state index contributed by atoms with van der Waals surface area (Å²) in [4.78, 5) is 60.9. The highest BCUT2D eigenvalue weighted by molar-refractivity contribution is 8.02. The summed E-state index contributed by atoms with van der Waals surface area (Å²) in [5.41, 5.74) is 4.87. The van der Waals surface area contributed by atoms with Crippen molar-refractivity contribution in [2.75, 3.05) is 49.5 Å². The zero-order valence-electron chi connectivity index (χ0n) is 35.5. The van der Waals surface area contributed by atoms with Gasteiger partial charge in [0.2, 0.25) is 0 Å². The van der Waals surface area contributed by atoms with Crippen LogP contribution in [0.1, 0.15) is 33.6 Å². The van der Waals surface area contributed by atoms with Crippen LogP contribution >= 0.6 is 46.2 Å². The maximum atomic E-state index is 14.2. The topological polar surface area (TPSA) is 148 Å². The molecule has 5 heterocycles. The third-order valence-electron chi connectivity index (χ3n) is 11.1. The average Bonchev–Trinajstić information content (AvgIpc) is 4.01. The predicted molar refractivity (Wildman–Crippen MR) is 258 cm³/mol. The highest BCUT2D eigenvalue weighted by Crippen LogP contribution is 2.44. The van der Waals surface area contributed by atoms with Crippen LogP contribution < -0.4 is 20.3 Å². The molecule has 9 rings (SSSR count). The second kappa shape index (κ2) is 19.4. The zero-order valence-corrected chi connectivity index (χ0v) is 38.8. The molecule has 0 spiro atoms. The summed E-state index contributed by atoms with van der Waals surface area (Å²) >= 11 is 5.89. The lowest BCUT2D eigenvalue weighted by atomic mass is 9.77. The van der Waals surface area contributed by atoms with E-state index in [4.69, 9.17) is 24.3 Å². The van der Waals surface area contributed by atoms with Gasteiger partial charge in [0.15, 0.2) is 15.2 Å². The summed E-state index contributed by atoms with van der Waals surface area (Å²) in [7, 11) is 4.96. The van der Waals surface area contributed by atoms with Crippen molar-refractivity contribution >= 4 is 85.9 Å². The van der Waals surface area contributed by atoms with Crippen molar-refractivity contribution < 1.29 is 28.7 Å². The third-order valence-corrected chi connectivity index (χ3v) is 15.6. The van der Waals surface area contributed by atoms with Gasteiger partial charge >= 0.3 is 5.97 Å². The molecular weight excluding hydrogens is 899 g/mol. The van der Waals surface area contributed by atoms with E-state index in [0.717, 1.165) is 49.4 Å². The fourth-order valence-electron chi connectivity index (χ4n) is 7.91. The Morgan fingerprint density at radius 1 is 0.908 bits per heavy atom. The summed E-state index contributed by atoms with van der Waals surface area (Å²) < 4.78 is 12.0. The number of aromatic nitrogens is 2. The Kier molecular flexibility index (Phi) is 13.1. The number of benzene rings is 4. The molecular formula is C48H43N7O6S4. The van der Waals surface area contributed by atoms with Crippen LogP contribution in [-0.2, 0) is 36.1 Å². The fourth-order valence-corrected chi connectivity index (χ4v) is 12.2. The van der Waals surface area contributed by atoms with Crippen LogP contribution in [0.5, 0.6) is 5.75 Å². The minimum absolute atomic E-state index is 0.00484. The number of nitrogens with zero attached hydrogens (tertiary/aromatic N) is 5. The Balaban J connectivity index is 0.953. The van der Waals surface area contributed by atoms with E-state index in [9.17, 15) is 14.4 Å². The lowest BCUT2D eigenvalue weighted by Gasteiger charge is -2.49. The number of esters is 1. The molecule has 0 bridgehead atoms. The number of hydrogen-bond acceptors (Lipinski definition) is 15. The molecule has 2 atom stereocenters. The number of hydrogen-bond donors (Lipinski definition) is 2. The smallest absolute Gasteiger partial charge is 0.355 e. The number of likely N-dealkylation sites (N-methyl/N-ethyl adjacent to an activating group) is 1. The molecule has 13 nitrogen and oxygen atoms in total. The van der Waals surface area contributed by atoms with E-state index in [0.29, 0.717) is 22.4 Å². The number of β-lactam (4-membered cyclic amide) rings is 1. The fraction of sp³-hybridized carbons (Fsp3) is 0.208. The molecule has 2 amide bonds. The Labute approximate surface area is 392 Å². The number of thioether (sulfide) groups is 2. The third kappa shape index (κ3) is 8.88. The normalized spacial score (nSPS) is 16.9. The molecule has 6 aromatic rings. The van der Waals surface area contributed by atoms with Crippen molar-refractivity contribution in [1.82, 2.24) is 20.2 Å². The molecule has 0 aliphatic carbocycles. The molecule has 65 heavy (non-hydrogen) atoms. The largest absolute Gasteiger partial charge is 0.497 e. The Morgan fingerprint density at radius 2 is 1.57 bits per heavy atom. The second-order valence-electron chi connectivity index (χ2n) is 15.1. The number of oxime groups is 1. The number of rotatable bonds is 16. The number of amides is 2. The number of thiazole rings is 2. The summed E-state index contributed by atoms with van der Waals surface area (Å²) in [5.74, 6) is -0.190. The number of ether oxygens (including phenoxy) is 2. The summed E-state index contributed by atoms with van der Waals surface area (Å²) in [5, 5.41) is 13.5. The van der Waals surface area contributed by atoms with Crippen molar-refractivity contribution in [3.8, 4) is 5.75 Å². The zero-order chi connectivity index (χ0) is 44.9. The van der Waals surface area contributed by atoms with Crippen molar-refractivity contribution in [3.05, 3.63) is 172 Å². The van der Waals surface area contributed by atoms with Gasteiger partial charge in [-0.1, -0.05) is 137 Å². The number of anilines is 2. The van der Waals surface area contributed by atoms with Gasteiger partial charge in [-0.15, -0.1) is 23.1 Å². The number of methoxy groups -OCH3 is 1. The number of fused-ring (bicyclic) bond motifs is 2. The molecule has 3 aliphatic rings. The molecule has 1 unspecified atom stereocenters. The molecule has 330 valence electrons. The molecule has 2 N–H and O–H groups in total. The van der Waals surface area contributed by atoms with Crippen molar-refractivity contribution in [3.63, 3.8) is 0 Å². The quantitative estimate of drug-likeness (QED) is 0.0242. The van der Waals surface area contributed by atoms with E-state index in [1.165, 1.54) is 46.9 Å². The molecule has 1 saturated heterocycles. The average molecular weight is 942 g/mol. The van der Waals surface area contributed by atoms with E-state index >= 15 is 0 Å². The van der Waals surface area contributed by atoms with Gasteiger partial charge in [-0.25, -0.2) is 14.8 Å². The maximum Gasteiger partial charge on any atom is 0.355 e. The molecule has 1 fully saturated rings. The Bertz CT molecular complexity index is 2680. The SMILES string of the molecule is CO/N=C(\C(=O)NC1C(=O)N2C(C(=O)OCc3ccc(OC)cc3)=C(CSc3nc4c(s3)N(C)CC=C4)CS[C@@H]12)c1csc(NC(c2ccccc2)(c2ccccc2)c2ccccc2)n1. The van der Waals surface area contributed by atoms with E-state index in [1.54, 1.807) is 36.0 Å². The summed E-state index contributed by atoms with van der Waals surface area (Å²) in [6, 6.07) is 36.6. The van der Waals surface area contributed by atoms with Gasteiger partial charge in [0.25, 0.3) is 11.8 Å². The van der Waals surface area contributed by atoms with E-state index in [2.05, 4.69) is 63.2 Å². The first-order valence-electron chi connectivity index (χ1n) is 20.6. The van der Waals surface area contributed by atoms with Crippen LogP contribution in [-0.4, -0.2) is 89.1 Å². The second-order valence-corrected chi connectivity index (χ2v) is 19.3. The molecule has 3 aliphatic heterocycles. The van der Waals surface area contributed by atoms with Crippen molar-refractivity contribution in [1.29, 1.82) is 0 Å². The monoisotopic (exact) mass is 941 g/mol. The van der Waals surface area contributed by atoms with Gasteiger partial charge in [0.05, 0.1) is 12.8 Å². The Hall–Kier alpha value is -6.40. The minimum atomic E-state index is -0.959. The predicted octanol–water partition coefficient (Wildman–Crippen LogP) is 8.02. The van der Waals surface area contributed by atoms with Crippen LogP contribution in [0.3, 0.4) is 0 Å². The number of nitrogens with one attached hydrogen (secondary N) is 2. The van der Waals surface area contributed by atoms with Crippen LogP contribution in [0.25, 0.3) is 6.08 Å². The lowest BCUT2D eigenvalue weighted by molar-refractivity contribution is -0.153. The lowest BCUT2D eigenvalue weighted by Crippen LogP contribution is -2.71. The van der Waals surface area contributed by atoms with E-state index < -0.39 is 34.7 Å². The number of carbonyl (C=O) groups excluding carboxylic acids is 3. The first kappa shape index (κ1) is 43.8. The number of carbonyl (C=O) groups is 3. The first-order valence-corrected chi connectivity index (χ1v) is 24.3. The first-order chi connectivity index (χ1) is 31.8. The van der Waals surface area contributed by atoms with Crippen LogP contribution in [0, 0.1) is 0 Å². The van der Waals surface area contributed by atoms with Gasteiger partial charge in [-0.05, 0) is 46.0 Å².